The predicted octanol–water partition coefficient (Wildman–Crippen LogP) is 3.81. The summed E-state index contributed by atoms with van der Waals surface area (Å²) in [6, 6.07) is 7.34. The Morgan fingerprint density at radius 3 is 2.88 bits per heavy atom. The summed E-state index contributed by atoms with van der Waals surface area (Å²) in [4.78, 5) is 21.0. The number of hydrogen-bond donors (Lipinski definition) is 2. The molecule has 0 radical (unpaired) electrons. The molecule has 10 heteroatoms. The molecule has 32 heavy (non-hydrogen) atoms. The van der Waals surface area contributed by atoms with E-state index in [1.54, 1.807) is 17.0 Å². The minimum atomic E-state index is -4.43. The zero-order valence-corrected chi connectivity index (χ0v) is 17.4. The van der Waals surface area contributed by atoms with Gasteiger partial charge in [-0.2, -0.15) is 18.3 Å². The molecule has 0 spiro atoms. The van der Waals surface area contributed by atoms with E-state index < -0.39 is 11.7 Å². The number of anilines is 2. The molecule has 3 heterocycles. The Bertz CT molecular complexity index is 1050. The standard InChI is InChI=1S/C22H23F3N6O/c1-14-3-2-4-17(20(14)29-28-9-7-26)21(32)30-10-6-15-12-31(18(15)13-30)19-11-16(5-8-27-19)22(23,24)25/h2-5,7-9,11,15,18,26,29H,6,10,12-13H2,1H3/b26-7?,28-9-. The van der Waals surface area contributed by atoms with Crippen molar-refractivity contribution in [2.75, 3.05) is 30.0 Å². The lowest BCUT2D eigenvalue weighted by Gasteiger charge is -2.54. The summed E-state index contributed by atoms with van der Waals surface area (Å²) in [5, 5.41) is 11.0. The normalized spacial score (nSPS) is 20.6. The Hall–Kier alpha value is -3.43. The molecule has 2 unspecified atom stereocenters. The Morgan fingerprint density at radius 2 is 2.12 bits per heavy atom. The van der Waals surface area contributed by atoms with Crippen LogP contribution in [0.3, 0.4) is 0 Å². The number of para-hydroxylation sites is 1. The molecule has 1 aromatic heterocycles. The topological polar surface area (TPSA) is 84.7 Å². The van der Waals surface area contributed by atoms with Gasteiger partial charge in [0.15, 0.2) is 0 Å². The molecule has 7 nitrogen and oxygen atoms in total. The maximum Gasteiger partial charge on any atom is 0.416 e. The van der Waals surface area contributed by atoms with Crippen LogP contribution in [0.1, 0.15) is 27.9 Å². The number of nitrogens with one attached hydrogen (secondary N) is 2. The van der Waals surface area contributed by atoms with Gasteiger partial charge in [-0.1, -0.05) is 12.1 Å². The molecular weight excluding hydrogens is 421 g/mol. The van der Waals surface area contributed by atoms with E-state index >= 15 is 0 Å². The second-order valence-electron chi connectivity index (χ2n) is 7.97. The van der Waals surface area contributed by atoms with Crippen LogP contribution < -0.4 is 10.3 Å². The van der Waals surface area contributed by atoms with E-state index in [2.05, 4.69) is 15.5 Å². The Balaban J connectivity index is 1.52. The maximum atomic E-state index is 13.3. The van der Waals surface area contributed by atoms with Crippen LogP contribution in [0, 0.1) is 18.3 Å². The van der Waals surface area contributed by atoms with Crippen molar-refractivity contribution in [2.45, 2.75) is 25.6 Å². The second-order valence-corrected chi connectivity index (χ2v) is 7.97. The first kappa shape index (κ1) is 21.8. The quantitative estimate of drug-likeness (QED) is 0.543. The van der Waals surface area contributed by atoms with Gasteiger partial charge in [0.05, 0.1) is 29.1 Å². The number of fused-ring (bicyclic) bond motifs is 1. The number of amides is 1. The van der Waals surface area contributed by atoms with Gasteiger partial charge in [-0.25, -0.2) is 4.98 Å². The van der Waals surface area contributed by atoms with Gasteiger partial charge in [-0.3, -0.25) is 10.2 Å². The average molecular weight is 444 g/mol. The van der Waals surface area contributed by atoms with Crippen molar-refractivity contribution < 1.29 is 18.0 Å². The Labute approximate surface area is 183 Å². The number of halogens is 3. The van der Waals surface area contributed by atoms with Crippen LogP contribution in [0.2, 0.25) is 0 Å². The highest BCUT2D eigenvalue weighted by atomic mass is 19.4. The van der Waals surface area contributed by atoms with Gasteiger partial charge < -0.3 is 15.2 Å². The van der Waals surface area contributed by atoms with Crippen molar-refractivity contribution in [1.82, 2.24) is 9.88 Å². The first-order valence-electron chi connectivity index (χ1n) is 10.3. The highest BCUT2D eigenvalue weighted by Gasteiger charge is 2.45. The highest BCUT2D eigenvalue weighted by Crippen LogP contribution is 2.38. The molecule has 2 atom stereocenters. The fourth-order valence-corrected chi connectivity index (χ4v) is 4.30. The van der Waals surface area contributed by atoms with Crippen molar-refractivity contribution >= 4 is 29.8 Å². The number of hydrazone groups is 1. The largest absolute Gasteiger partial charge is 0.416 e. The third-order valence-electron chi connectivity index (χ3n) is 6.04. The lowest BCUT2D eigenvalue weighted by atomic mass is 9.82. The van der Waals surface area contributed by atoms with Gasteiger partial charge in [-0.15, -0.1) is 0 Å². The summed E-state index contributed by atoms with van der Waals surface area (Å²) in [5.41, 5.74) is 3.99. The molecule has 1 amide bonds. The van der Waals surface area contributed by atoms with Crippen molar-refractivity contribution in [3.63, 3.8) is 0 Å². The molecule has 1 aromatic carbocycles. The van der Waals surface area contributed by atoms with Crippen LogP contribution in [0.4, 0.5) is 24.7 Å². The van der Waals surface area contributed by atoms with Crippen LogP contribution in [-0.4, -0.2) is 53.9 Å². The Morgan fingerprint density at radius 1 is 1.31 bits per heavy atom. The number of aryl methyl sites for hydroxylation is 1. The van der Waals surface area contributed by atoms with Gasteiger partial charge in [0, 0.05) is 38.0 Å². The molecule has 0 bridgehead atoms. The molecule has 0 saturated carbocycles. The molecule has 2 fully saturated rings. The summed E-state index contributed by atoms with van der Waals surface area (Å²) < 4.78 is 39.3. The summed E-state index contributed by atoms with van der Waals surface area (Å²) in [6.45, 7) is 3.49. The van der Waals surface area contributed by atoms with E-state index in [-0.39, 0.29) is 17.8 Å². The van der Waals surface area contributed by atoms with Crippen LogP contribution >= 0.6 is 0 Å². The molecule has 2 aliphatic rings. The van der Waals surface area contributed by atoms with E-state index in [9.17, 15) is 18.0 Å². The number of alkyl halides is 3. The van der Waals surface area contributed by atoms with Gasteiger partial charge in [0.25, 0.3) is 5.91 Å². The fourth-order valence-electron chi connectivity index (χ4n) is 4.30. The molecule has 2 aromatic rings. The number of hydrogen-bond acceptors (Lipinski definition) is 6. The van der Waals surface area contributed by atoms with Gasteiger partial charge >= 0.3 is 6.18 Å². The fraction of sp³-hybridized carbons (Fsp3) is 0.364. The summed E-state index contributed by atoms with van der Waals surface area (Å²) >= 11 is 0. The maximum absolute atomic E-state index is 13.3. The van der Waals surface area contributed by atoms with Crippen LogP contribution in [0.15, 0.2) is 41.6 Å². The third-order valence-corrected chi connectivity index (χ3v) is 6.04. The van der Waals surface area contributed by atoms with Crippen molar-refractivity contribution in [1.29, 1.82) is 5.41 Å². The zero-order valence-electron chi connectivity index (χ0n) is 17.4. The first-order valence-corrected chi connectivity index (χ1v) is 10.3. The molecule has 2 aliphatic heterocycles. The number of pyridine rings is 1. The Kier molecular flexibility index (Phi) is 5.86. The van der Waals surface area contributed by atoms with E-state index in [0.717, 1.165) is 30.3 Å². The molecule has 2 saturated heterocycles. The number of carbonyl (C=O) groups is 1. The van der Waals surface area contributed by atoms with Crippen molar-refractivity contribution in [2.24, 2.45) is 11.0 Å². The summed E-state index contributed by atoms with van der Waals surface area (Å²) in [6.07, 6.45) is -0.153. The monoisotopic (exact) mass is 444 g/mol. The number of benzene rings is 1. The number of aromatic nitrogens is 1. The number of rotatable bonds is 5. The molecule has 168 valence electrons. The van der Waals surface area contributed by atoms with E-state index in [0.29, 0.717) is 36.8 Å². The summed E-state index contributed by atoms with van der Waals surface area (Å²) in [5.74, 6) is 0.445. The second kappa shape index (κ2) is 8.60. The molecule has 0 aliphatic carbocycles. The highest BCUT2D eigenvalue weighted by molar-refractivity contribution is 6.14. The molecule has 4 rings (SSSR count). The summed E-state index contributed by atoms with van der Waals surface area (Å²) in [7, 11) is 0. The molecule has 2 N–H and O–H groups in total. The number of likely N-dealkylation sites (tertiary alicyclic amines) is 1. The predicted molar refractivity (Wildman–Crippen MR) is 116 cm³/mol. The third kappa shape index (κ3) is 4.17. The number of carbonyl (C=O) groups excluding carboxylic acids is 1. The van der Waals surface area contributed by atoms with Gasteiger partial charge in [0.1, 0.15) is 5.82 Å². The van der Waals surface area contributed by atoms with E-state index in [4.69, 9.17) is 5.41 Å². The van der Waals surface area contributed by atoms with Crippen LogP contribution in [-0.2, 0) is 6.18 Å². The number of nitrogens with zero attached hydrogens (tertiary/aromatic N) is 4. The minimum absolute atomic E-state index is 0.0687. The van der Waals surface area contributed by atoms with E-state index in [1.807, 2.05) is 17.9 Å². The lowest BCUT2D eigenvalue weighted by molar-refractivity contribution is -0.137. The van der Waals surface area contributed by atoms with E-state index in [1.165, 1.54) is 12.4 Å². The van der Waals surface area contributed by atoms with Crippen molar-refractivity contribution in [3.05, 3.63) is 53.2 Å². The minimum Gasteiger partial charge on any atom is -0.351 e. The zero-order chi connectivity index (χ0) is 22.9. The van der Waals surface area contributed by atoms with Crippen molar-refractivity contribution in [3.8, 4) is 0 Å². The average Bonchev–Trinajstić information content (AvgIpc) is 2.75. The van der Waals surface area contributed by atoms with Crippen LogP contribution in [0.25, 0.3) is 0 Å². The number of piperidine rings is 1. The SMILES string of the molecule is Cc1cccc(C(=O)N2CCC3CN(c4cc(C(F)(F)F)ccn4)C3C2)c1N/N=C\C=N. The van der Waals surface area contributed by atoms with Gasteiger partial charge in [-0.05, 0) is 37.1 Å². The smallest absolute Gasteiger partial charge is 0.351 e. The van der Waals surface area contributed by atoms with Crippen LogP contribution in [0.5, 0.6) is 0 Å². The first-order chi connectivity index (χ1) is 15.3. The van der Waals surface area contributed by atoms with Gasteiger partial charge in [0.2, 0.25) is 0 Å². The lowest BCUT2D eigenvalue weighted by Crippen LogP contribution is -2.65. The molecular formula is C22H23F3N6O.